The first-order valence-electron chi connectivity index (χ1n) is 4.04. The Labute approximate surface area is 57.8 Å². The Kier molecular flexibility index (Phi) is 2.52. The molecule has 1 heterocycles. The minimum atomic E-state index is 0.743. The first kappa shape index (κ1) is 7.07. The second-order valence-corrected chi connectivity index (χ2v) is 3.22. The van der Waals surface area contributed by atoms with Crippen LogP contribution in [0.3, 0.4) is 0 Å². The van der Waals surface area contributed by atoms with Gasteiger partial charge in [0.25, 0.3) is 0 Å². The molecular formula is C8H17N. The van der Waals surface area contributed by atoms with Gasteiger partial charge in [-0.15, -0.1) is 0 Å². The molecule has 0 saturated carbocycles. The van der Waals surface area contributed by atoms with Gasteiger partial charge in [0.1, 0.15) is 0 Å². The molecule has 0 radical (unpaired) electrons. The first-order valence-corrected chi connectivity index (χ1v) is 4.04. The molecule has 1 heteroatoms. The average Bonchev–Trinajstić information content (AvgIpc) is 1.99. The molecule has 1 aliphatic rings. The van der Waals surface area contributed by atoms with Crippen LogP contribution in [0.15, 0.2) is 0 Å². The topological polar surface area (TPSA) is 12.0 Å². The van der Waals surface area contributed by atoms with E-state index in [4.69, 9.17) is 0 Å². The van der Waals surface area contributed by atoms with E-state index in [-0.39, 0.29) is 0 Å². The van der Waals surface area contributed by atoms with Crippen molar-refractivity contribution in [2.45, 2.75) is 39.2 Å². The molecule has 1 aliphatic heterocycles. The minimum Gasteiger partial charge on any atom is -0.314 e. The van der Waals surface area contributed by atoms with Crippen LogP contribution in [0, 0.1) is 5.92 Å². The van der Waals surface area contributed by atoms with E-state index in [1.807, 2.05) is 0 Å². The van der Waals surface area contributed by atoms with Gasteiger partial charge in [0.15, 0.2) is 0 Å². The van der Waals surface area contributed by atoms with Crippen molar-refractivity contribution in [3.63, 3.8) is 0 Å². The molecule has 1 fully saturated rings. The van der Waals surface area contributed by atoms with Crippen molar-refractivity contribution in [3.05, 3.63) is 0 Å². The van der Waals surface area contributed by atoms with Crippen molar-refractivity contribution in [2.24, 2.45) is 5.92 Å². The van der Waals surface area contributed by atoms with Gasteiger partial charge in [-0.1, -0.05) is 13.3 Å². The number of hydrogen-bond acceptors (Lipinski definition) is 1. The molecule has 2 atom stereocenters. The average molecular weight is 127 g/mol. The Morgan fingerprint density at radius 1 is 1.22 bits per heavy atom. The fourth-order valence-corrected chi connectivity index (χ4v) is 1.37. The maximum Gasteiger partial charge on any atom is 0.00643 e. The molecule has 0 aliphatic carbocycles. The molecule has 1 rings (SSSR count). The fraction of sp³-hybridized carbons (Fsp3) is 1.00. The molecule has 0 aromatic carbocycles. The lowest BCUT2D eigenvalue weighted by molar-refractivity contribution is 0.415. The molecule has 1 saturated heterocycles. The van der Waals surface area contributed by atoms with Crippen molar-refractivity contribution < 1.29 is 0 Å². The molecule has 1 N–H and O–H groups in total. The zero-order valence-corrected chi connectivity index (χ0v) is 6.48. The highest BCUT2D eigenvalue weighted by Gasteiger charge is 2.13. The van der Waals surface area contributed by atoms with Crippen LogP contribution in [0.4, 0.5) is 0 Å². The molecule has 0 bridgehead atoms. The summed E-state index contributed by atoms with van der Waals surface area (Å²) in [5, 5.41) is 3.49. The quantitative estimate of drug-likeness (QED) is 0.523. The highest BCUT2D eigenvalue weighted by Crippen LogP contribution is 2.14. The fourth-order valence-electron chi connectivity index (χ4n) is 1.37. The first-order chi connectivity index (χ1) is 4.30. The van der Waals surface area contributed by atoms with Crippen molar-refractivity contribution in [1.82, 2.24) is 5.32 Å². The summed E-state index contributed by atoms with van der Waals surface area (Å²) in [5.41, 5.74) is 0. The molecule has 0 aromatic rings. The van der Waals surface area contributed by atoms with Gasteiger partial charge in [-0.25, -0.2) is 0 Å². The zero-order chi connectivity index (χ0) is 6.69. The van der Waals surface area contributed by atoms with E-state index in [1.54, 1.807) is 0 Å². The molecular weight excluding hydrogens is 110 g/mol. The summed E-state index contributed by atoms with van der Waals surface area (Å²) in [5.74, 6) is 0.882. The normalized spacial score (nSPS) is 38.0. The summed E-state index contributed by atoms with van der Waals surface area (Å²) in [6.07, 6.45) is 4.20. The molecule has 54 valence electrons. The molecule has 9 heavy (non-hydrogen) atoms. The SMILES string of the molecule is C[C@@H]1NCCCC[C@@H]1C. The number of nitrogens with one attached hydrogen (secondary N) is 1. The maximum atomic E-state index is 3.49. The summed E-state index contributed by atoms with van der Waals surface area (Å²) in [7, 11) is 0. The highest BCUT2D eigenvalue weighted by molar-refractivity contribution is 4.71. The van der Waals surface area contributed by atoms with Gasteiger partial charge in [0.05, 0.1) is 0 Å². The molecule has 0 aromatic heterocycles. The van der Waals surface area contributed by atoms with Gasteiger partial charge in [-0.2, -0.15) is 0 Å². The van der Waals surface area contributed by atoms with E-state index < -0.39 is 0 Å². The lowest BCUT2D eigenvalue weighted by Gasteiger charge is -2.16. The Morgan fingerprint density at radius 2 is 2.00 bits per heavy atom. The van der Waals surface area contributed by atoms with E-state index >= 15 is 0 Å². The van der Waals surface area contributed by atoms with Crippen LogP contribution >= 0.6 is 0 Å². The van der Waals surface area contributed by atoms with Crippen LogP contribution in [0.25, 0.3) is 0 Å². The van der Waals surface area contributed by atoms with E-state index in [0.717, 1.165) is 12.0 Å². The van der Waals surface area contributed by atoms with Crippen LogP contribution < -0.4 is 5.32 Å². The third kappa shape index (κ3) is 1.98. The van der Waals surface area contributed by atoms with Crippen LogP contribution in [-0.4, -0.2) is 12.6 Å². The number of hydrogen-bond donors (Lipinski definition) is 1. The summed E-state index contributed by atoms with van der Waals surface area (Å²) in [6, 6.07) is 0.743. The maximum absolute atomic E-state index is 3.49. The second kappa shape index (κ2) is 3.21. The Balaban J connectivity index is 2.32. The Morgan fingerprint density at radius 3 is 2.78 bits per heavy atom. The third-order valence-corrected chi connectivity index (χ3v) is 2.41. The summed E-state index contributed by atoms with van der Waals surface area (Å²) < 4.78 is 0. The Hall–Kier alpha value is -0.0400. The standard InChI is InChI=1S/C8H17N/c1-7-5-3-4-6-9-8(7)2/h7-9H,3-6H2,1-2H3/t7-,8-/m0/s1. The van der Waals surface area contributed by atoms with Crippen molar-refractivity contribution in [2.75, 3.05) is 6.54 Å². The predicted octanol–water partition coefficient (Wildman–Crippen LogP) is 1.78. The largest absolute Gasteiger partial charge is 0.314 e. The van der Waals surface area contributed by atoms with E-state index in [9.17, 15) is 0 Å². The van der Waals surface area contributed by atoms with Crippen LogP contribution in [0.2, 0.25) is 0 Å². The summed E-state index contributed by atoms with van der Waals surface area (Å²) >= 11 is 0. The van der Waals surface area contributed by atoms with E-state index in [2.05, 4.69) is 19.2 Å². The van der Waals surface area contributed by atoms with Crippen LogP contribution in [0.5, 0.6) is 0 Å². The van der Waals surface area contributed by atoms with Crippen molar-refractivity contribution in [3.8, 4) is 0 Å². The third-order valence-electron chi connectivity index (χ3n) is 2.41. The van der Waals surface area contributed by atoms with Gasteiger partial charge in [-0.05, 0) is 32.2 Å². The van der Waals surface area contributed by atoms with Crippen molar-refractivity contribution in [1.29, 1.82) is 0 Å². The minimum absolute atomic E-state index is 0.743. The van der Waals surface area contributed by atoms with Crippen LogP contribution in [0.1, 0.15) is 33.1 Å². The van der Waals surface area contributed by atoms with Gasteiger partial charge >= 0.3 is 0 Å². The summed E-state index contributed by atoms with van der Waals surface area (Å²) in [4.78, 5) is 0. The second-order valence-electron chi connectivity index (χ2n) is 3.22. The smallest absolute Gasteiger partial charge is 0.00643 e. The zero-order valence-electron chi connectivity index (χ0n) is 6.48. The van der Waals surface area contributed by atoms with Gasteiger partial charge in [-0.3, -0.25) is 0 Å². The number of rotatable bonds is 0. The summed E-state index contributed by atoms with van der Waals surface area (Å²) in [6.45, 7) is 5.85. The van der Waals surface area contributed by atoms with Crippen molar-refractivity contribution >= 4 is 0 Å². The molecule has 0 unspecified atom stereocenters. The molecule has 1 nitrogen and oxygen atoms in total. The molecule has 0 amide bonds. The molecule has 0 spiro atoms. The lowest BCUT2D eigenvalue weighted by Crippen LogP contribution is -2.30. The predicted molar refractivity (Wildman–Crippen MR) is 40.5 cm³/mol. The van der Waals surface area contributed by atoms with Crippen LogP contribution in [-0.2, 0) is 0 Å². The van der Waals surface area contributed by atoms with Gasteiger partial charge in [0.2, 0.25) is 0 Å². The van der Waals surface area contributed by atoms with E-state index in [0.29, 0.717) is 0 Å². The van der Waals surface area contributed by atoms with Gasteiger partial charge in [0, 0.05) is 6.04 Å². The Bertz CT molecular complexity index is 70.6. The monoisotopic (exact) mass is 127 g/mol. The lowest BCUT2D eigenvalue weighted by atomic mass is 9.99. The van der Waals surface area contributed by atoms with Gasteiger partial charge < -0.3 is 5.32 Å². The van der Waals surface area contributed by atoms with E-state index in [1.165, 1.54) is 25.8 Å². The highest BCUT2D eigenvalue weighted by atomic mass is 14.9.